The van der Waals surface area contributed by atoms with Crippen LogP contribution >= 0.6 is 0 Å². The van der Waals surface area contributed by atoms with Gasteiger partial charge in [-0.15, -0.1) is 0 Å². The van der Waals surface area contributed by atoms with Gasteiger partial charge >= 0.3 is 0 Å². The highest BCUT2D eigenvalue weighted by atomic mass is 16.1. The van der Waals surface area contributed by atoms with E-state index in [4.69, 9.17) is 0 Å². The molecule has 2 aliphatic rings. The monoisotopic (exact) mass is 267 g/mol. The first kappa shape index (κ1) is 14.8. The third kappa shape index (κ3) is 3.93. The maximum absolute atomic E-state index is 11.7. The minimum atomic E-state index is 0.129. The molecule has 0 aromatic heterocycles. The standard InChI is InChI=1S/C15H29N3O/c1-16-12-14(19)17-13-15(8-4-2-5-9-15)18-10-6-3-7-11-18/h16H,2-13H2,1H3,(H,17,19). The Morgan fingerprint density at radius 2 is 1.68 bits per heavy atom. The summed E-state index contributed by atoms with van der Waals surface area (Å²) in [6.07, 6.45) is 10.5. The molecule has 0 bridgehead atoms. The van der Waals surface area contributed by atoms with E-state index in [-0.39, 0.29) is 11.4 Å². The molecule has 1 saturated heterocycles. The summed E-state index contributed by atoms with van der Waals surface area (Å²) in [7, 11) is 1.82. The average molecular weight is 267 g/mol. The van der Waals surface area contributed by atoms with Gasteiger partial charge in [0, 0.05) is 12.1 Å². The lowest BCUT2D eigenvalue weighted by Crippen LogP contribution is -2.58. The number of piperidine rings is 1. The zero-order chi connectivity index (χ0) is 13.6. The second-order valence-electron chi connectivity index (χ2n) is 6.14. The molecule has 2 N–H and O–H groups in total. The largest absolute Gasteiger partial charge is 0.353 e. The lowest BCUT2D eigenvalue weighted by molar-refractivity contribution is -0.121. The molecule has 4 heteroatoms. The number of nitrogens with zero attached hydrogens (tertiary/aromatic N) is 1. The van der Waals surface area contributed by atoms with Gasteiger partial charge in [0.25, 0.3) is 0 Å². The first-order valence-corrected chi connectivity index (χ1v) is 7.93. The molecule has 1 amide bonds. The van der Waals surface area contributed by atoms with Crippen molar-refractivity contribution in [3.05, 3.63) is 0 Å². The third-order valence-corrected chi connectivity index (χ3v) is 4.76. The van der Waals surface area contributed by atoms with Gasteiger partial charge in [-0.25, -0.2) is 0 Å². The van der Waals surface area contributed by atoms with Crippen LogP contribution in [0.5, 0.6) is 0 Å². The van der Waals surface area contributed by atoms with E-state index in [0.29, 0.717) is 6.54 Å². The summed E-state index contributed by atoms with van der Waals surface area (Å²) in [5, 5.41) is 6.07. The van der Waals surface area contributed by atoms with Gasteiger partial charge in [-0.05, 0) is 45.8 Å². The molecular formula is C15H29N3O. The van der Waals surface area contributed by atoms with Crippen LogP contribution in [0, 0.1) is 0 Å². The number of rotatable bonds is 5. The SMILES string of the molecule is CNCC(=O)NCC1(N2CCCCC2)CCCCC1. The number of likely N-dealkylation sites (tertiary alicyclic amines) is 1. The van der Waals surface area contributed by atoms with E-state index < -0.39 is 0 Å². The van der Waals surface area contributed by atoms with Crippen LogP contribution in [0.25, 0.3) is 0 Å². The molecule has 0 atom stereocenters. The lowest BCUT2D eigenvalue weighted by Gasteiger charge is -2.48. The van der Waals surface area contributed by atoms with E-state index in [1.54, 1.807) is 0 Å². The lowest BCUT2D eigenvalue weighted by atomic mass is 9.79. The van der Waals surface area contributed by atoms with Crippen molar-refractivity contribution in [2.75, 3.05) is 33.2 Å². The van der Waals surface area contributed by atoms with Crippen LogP contribution in [-0.4, -0.2) is 49.6 Å². The molecule has 4 nitrogen and oxygen atoms in total. The molecule has 0 aromatic rings. The minimum absolute atomic E-state index is 0.129. The fourth-order valence-electron chi connectivity index (χ4n) is 3.67. The summed E-state index contributed by atoms with van der Waals surface area (Å²) in [6, 6.07) is 0. The van der Waals surface area contributed by atoms with Crippen molar-refractivity contribution in [3.63, 3.8) is 0 Å². The molecule has 0 radical (unpaired) electrons. The number of carbonyl (C=O) groups excluding carboxylic acids is 1. The Morgan fingerprint density at radius 1 is 1.05 bits per heavy atom. The Balaban J connectivity index is 1.95. The summed E-state index contributed by atoms with van der Waals surface area (Å²) in [6.45, 7) is 3.72. The zero-order valence-corrected chi connectivity index (χ0v) is 12.3. The molecule has 19 heavy (non-hydrogen) atoms. The number of amides is 1. The minimum Gasteiger partial charge on any atom is -0.353 e. The molecule has 1 aliphatic carbocycles. The van der Waals surface area contributed by atoms with Crippen molar-refractivity contribution >= 4 is 5.91 Å². The van der Waals surface area contributed by atoms with Crippen LogP contribution in [0.2, 0.25) is 0 Å². The van der Waals surface area contributed by atoms with E-state index in [1.807, 2.05) is 7.05 Å². The Kier molecular flexibility index (Phi) is 5.64. The Labute approximate surface area is 117 Å². The quantitative estimate of drug-likeness (QED) is 0.793. The Bertz CT molecular complexity index is 281. The fourth-order valence-corrected chi connectivity index (χ4v) is 3.67. The summed E-state index contributed by atoms with van der Waals surface area (Å²) >= 11 is 0. The first-order valence-electron chi connectivity index (χ1n) is 7.93. The van der Waals surface area contributed by atoms with Crippen molar-refractivity contribution < 1.29 is 4.79 Å². The van der Waals surface area contributed by atoms with E-state index >= 15 is 0 Å². The normalized spacial score (nSPS) is 24.1. The van der Waals surface area contributed by atoms with Gasteiger partial charge in [0.05, 0.1) is 6.54 Å². The summed E-state index contributed by atoms with van der Waals surface area (Å²) < 4.78 is 0. The van der Waals surface area contributed by atoms with Crippen molar-refractivity contribution in [2.45, 2.75) is 56.9 Å². The van der Waals surface area contributed by atoms with Crippen molar-refractivity contribution in [3.8, 4) is 0 Å². The number of hydrogen-bond acceptors (Lipinski definition) is 3. The van der Waals surface area contributed by atoms with Gasteiger partial charge in [-0.1, -0.05) is 25.7 Å². The Morgan fingerprint density at radius 3 is 2.32 bits per heavy atom. The first-order chi connectivity index (χ1) is 9.27. The van der Waals surface area contributed by atoms with Gasteiger partial charge in [-0.3, -0.25) is 9.69 Å². The van der Waals surface area contributed by atoms with E-state index in [9.17, 15) is 4.79 Å². The molecule has 1 heterocycles. The highest BCUT2D eigenvalue weighted by Gasteiger charge is 2.38. The zero-order valence-electron chi connectivity index (χ0n) is 12.3. The molecule has 0 unspecified atom stereocenters. The predicted octanol–water partition coefficient (Wildman–Crippen LogP) is 1.51. The van der Waals surface area contributed by atoms with Gasteiger partial charge in [-0.2, -0.15) is 0 Å². The summed E-state index contributed by atoms with van der Waals surface area (Å²) in [5.74, 6) is 0.129. The van der Waals surface area contributed by atoms with Crippen LogP contribution < -0.4 is 10.6 Å². The number of hydrogen-bond donors (Lipinski definition) is 2. The highest BCUT2D eigenvalue weighted by molar-refractivity contribution is 5.78. The van der Waals surface area contributed by atoms with Gasteiger partial charge in [0.15, 0.2) is 0 Å². The smallest absolute Gasteiger partial charge is 0.234 e. The molecule has 0 spiro atoms. The third-order valence-electron chi connectivity index (χ3n) is 4.76. The van der Waals surface area contributed by atoms with Crippen molar-refractivity contribution in [1.82, 2.24) is 15.5 Å². The van der Waals surface area contributed by atoms with E-state index in [1.165, 1.54) is 64.5 Å². The predicted molar refractivity (Wildman–Crippen MR) is 78.2 cm³/mol. The van der Waals surface area contributed by atoms with Crippen molar-refractivity contribution in [2.24, 2.45) is 0 Å². The van der Waals surface area contributed by atoms with Gasteiger partial charge in [0.2, 0.25) is 5.91 Å². The van der Waals surface area contributed by atoms with E-state index in [0.717, 1.165) is 6.54 Å². The maximum Gasteiger partial charge on any atom is 0.234 e. The van der Waals surface area contributed by atoms with Crippen LogP contribution in [0.3, 0.4) is 0 Å². The van der Waals surface area contributed by atoms with Gasteiger partial charge < -0.3 is 10.6 Å². The van der Waals surface area contributed by atoms with Crippen molar-refractivity contribution in [1.29, 1.82) is 0 Å². The molecule has 2 fully saturated rings. The maximum atomic E-state index is 11.7. The number of nitrogens with one attached hydrogen (secondary N) is 2. The Hall–Kier alpha value is -0.610. The molecular weight excluding hydrogens is 238 g/mol. The molecule has 1 aliphatic heterocycles. The molecule has 110 valence electrons. The van der Waals surface area contributed by atoms with Crippen LogP contribution in [0.15, 0.2) is 0 Å². The van der Waals surface area contributed by atoms with Crippen LogP contribution in [-0.2, 0) is 4.79 Å². The number of carbonyl (C=O) groups is 1. The van der Waals surface area contributed by atoms with E-state index in [2.05, 4.69) is 15.5 Å². The topological polar surface area (TPSA) is 44.4 Å². The summed E-state index contributed by atoms with van der Waals surface area (Å²) in [4.78, 5) is 14.4. The second kappa shape index (κ2) is 7.25. The molecule has 2 rings (SSSR count). The van der Waals surface area contributed by atoms with Crippen LogP contribution in [0.4, 0.5) is 0 Å². The van der Waals surface area contributed by atoms with Crippen LogP contribution in [0.1, 0.15) is 51.4 Å². The van der Waals surface area contributed by atoms with Gasteiger partial charge in [0.1, 0.15) is 0 Å². The molecule has 1 saturated carbocycles. The second-order valence-corrected chi connectivity index (χ2v) is 6.14. The average Bonchev–Trinajstić information content (AvgIpc) is 2.47. The molecule has 0 aromatic carbocycles. The summed E-state index contributed by atoms with van der Waals surface area (Å²) in [5.41, 5.74) is 0.252. The number of likely N-dealkylation sites (N-methyl/N-ethyl adjacent to an activating group) is 1. The fraction of sp³-hybridized carbons (Fsp3) is 0.933. The highest BCUT2D eigenvalue weighted by Crippen LogP contribution is 2.35.